The highest BCUT2D eigenvalue weighted by Gasteiger charge is 2.37. The van der Waals surface area contributed by atoms with Gasteiger partial charge >= 0.3 is 16.1 Å². The average molecular weight is 667 g/mol. The van der Waals surface area contributed by atoms with Gasteiger partial charge in [0, 0.05) is 5.02 Å². The molecule has 1 aliphatic rings. The minimum absolute atomic E-state index is 0.0300. The summed E-state index contributed by atoms with van der Waals surface area (Å²) in [6.45, 7) is 3.60. The number of hydrogen-bond acceptors (Lipinski definition) is 7. The number of halogens is 2. The van der Waals surface area contributed by atoms with Gasteiger partial charge in [0.15, 0.2) is 11.5 Å². The Labute approximate surface area is 237 Å². The molecule has 196 valence electrons. The summed E-state index contributed by atoms with van der Waals surface area (Å²) in [7, 11) is -2.84. The van der Waals surface area contributed by atoms with Crippen molar-refractivity contribution in [1.29, 1.82) is 0 Å². The van der Waals surface area contributed by atoms with E-state index in [1.807, 2.05) is 29.5 Å². The van der Waals surface area contributed by atoms with Crippen molar-refractivity contribution in [2.45, 2.75) is 18.7 Å². The van der Waals surface area contributed by atoms with Gasteiger partial charge in [0.05, 0.1) is 16.4 Å². The van der Waals surface area contributed by atoms with E-state index in [-0.39, 0.29) is 27.7 Å². The van der Waals surface area contributed by atoms with E-state index in [4.69, 9.17) is 20.5 Å². The van der Waals surface area contributed by atoms with Crippen LogP contribution in [0.1, 0.15) is 16.7 Å². The first kappa shape index (κ1) is 27.6. The number of amides is 4. The molecule has 0 bridgehead atoms. The fraction of sp³-hybridized carbons (Fsp3) is 0.115. The van der Waals surface area contributed by atoms with Gasteiger partial charge in [-0.25, -0.2) is 9.69 Å². The lowest BCUT2D eigenvalue weighted by Crippen LogP contribution is -2.54. The molecule has 0 atom stereocenters. The summed E-state index contributed by atoms with van der Waals surface area (Å²) in [5.74, 6) is -1.73. The van der Waals surface area contributed by atoms with Crippen molar-refractivity contribution in [3.05, 3.63) is 85.5 Å². The second kappa shape index (κ2) is 10.8. The highest BCUT2D eigenvalue weighted by molar-refractivity contribution is 14.1. The van der Waals surface area contributed by atoms with Crippen molar-refractivity contribution in [3.8, 4) is 11.5 Å². The van der Waals surface area contributed by atoms with Crippen molar-refractivity contribution in [1.82, 2.24) is 5.32 Å². The molecule has 0 aliphatic carbocycles. The lowest BCUT2D eigenvalue weighted by Gasteiger charge is -2.26. The van der Waals surface area contributed by atoms with Crippen LogP contribution in [-0.2, 0) is 19.7 Å². The molecule has 0 unspecified atom stereocenters. The second-order valence-corrected chi connectivity index (χ2v) is 11.4. The molecule has 3 aromatic rings. The monoisotopic (exact) mass is 666 g/mol. The predicted octanol–water partition coefficient (Wildman–Crippen LogP) is 5.00. The normalized spacial score (nSPS) is 15.0. The zero-order valence-corrected chi connectivity index (χ0v) is 24.0. The number of rotatable bonds is 6. The number of nitrogens with zero attached hydrogens (tertiary/aromatic N) is 1. The van der Waals surface area contributed by atoms with Crippen LogP contribution in [0.15, 0.2) is 65.1 Å². The number of carbonyl (C=O) groups is 3. The molecule has 1 aliphatic heterocycles. The van der Waals surface area contributed by atoms with Crippen LogP contribution in [0, 0.1) is 17.4 Å². The van der Waals surface area contributed by atoms with Crippen LogP contribution in [0.2, 0.25) is 5.02 Å². The topological polar surface area (TPSA) is 119 Å². The van der Waals surface area contributed by atoms with Gasteiger partial charge in [0.2, 0.25) is 0 Å². The van der Waals surface area contributed by atoms with Crippen molar-refractivity contribution in [2.75, 3.05) is 12.0 Å². The number of anilines is 1. The fourth-order valence-electron chi connectivity index (χ4n) is 3.55. The zero-order valence-electron chi connectivity index (χ0n) is 20.2. The summed E-state index contributed by atoms with van der Waals surface area (Å²) in [5, 5.41) is 2.50. The first-order chi connectivity index (χ1) is 17.9. The third kappa shape index (κ3) is 5.54. The number of aryl methyl sites for hydroxylation is 2. The maximum absolute atomic E-state index is 13.2. The predicted molar refractivity (Wildman–Crippen MR) is 150 cm³/mol. The van der Waals surface area contributed by atoms with Crippen LogP contribution in [0.5, 0.6) is 11.5 Å². The van der Waals surface area contributed by atoms with E-state index >= 15 is 0 Å². The summed E-state index contributed by atoms with van der Waals surface area (Å²) in [4.78, 5) is 39.1. The van der Waals surface area contributed by atoms with Crippen LogP contribution in [0.3, 0.4) is 0 Å². The molecule has 3 aromatic carbocycles. The summed E-state index contributed by atoms with van der Waals surface area (Å²) < 4.78 is 36.7. The Morgan fingerprint density at radius 1 is 1.00 bits per heavy atom. The first-order valence-electron chi connectivity index (χ1n) is 11.0. The molecule has 0 radical (unpaired) electrons. The third-order valence-electron chi connectivity index (χ3n) is 5.58. The number of barbiturate groups is 1. The van der Waals surface area contributed by atoms with Gasteiger partial charge in [0.25, 0.3) is 11.8 Å². The summed E-state index contributed by atoms with van der Waals surface area (Å²) in [6.07, 6.45) is 1.27. The highest BCUT2D eigenvalue weighted by atomic mass is 127. The van der Waals surface area contributed by atoms with E-state index in [0.29, 0.717) is 14.2 Å². The van der Waals surface area contributed by atoms with E-state index in [1.54, 1.807) is 31.2 Å². The quantitative estimate of drug-likeness (QED) is 0.170. The molecule has 38 heavy (non-hydrogen) atoms. The molecule has 12 heteroatoms. The van der Waals surface area contributed by atoms with Gasteiger partial charge in [0.1, 0.15) is 10.5 Å². The maximum atomic E-state index is 13.2. The molecule has 1 N–H and O–H groups in total. The van der Waals surface area contributed by atoms with Crippen LogP contribution in [-0.4, -0.2) is 33.4 Å². The number of methoxy groups -OCH3 is 1. The maximum Gasteiger partial charge on any atom is 0.339 e. The number of urea groups is 1. The van der Waals surface area contributed by atoms with Gasteiger partial charge in [-0.1, -0.05) is 35.4 Å². The van der Waals surface area contributed by atoms with Crippen molar-refractivity contribution < 1.29 is 31.7 Å². The lowest BCUT2D eigenvalue weighted by atomic mass is 10.1. The van der Waals surface area contributed by atoms with Gasteiger partial charge in [-0.3, -0.25) is 14.9 Å². The van der Waals surface area contributed by atoms with Crippen LogP contribution < -0.4 is 19.1 Å². The molecule has 1 heterocycles. The highest BCUT2D eigenvalue weighted by Crippen LogP contribution is 2.37. The summed E-state index contributed by atoms with van der Waals surface area (Å²) >= 11 is 8.02. The summed E-state index contributed by atoms with van der Waals surface area (Å²) in [5.41, 5.74) is 1.85. The minimum Gasteiger partial charge on any atom is -0.493 e. The molecule has 4 amide bonds. The van der Waals surface area contributed by atoms with Gasteiger partial charge < -0.3 is 8.92 Å². The van der Waals surface area contributed by atoms with E-state index in [0.717, 1.165) is 16.0 Å². The Hall–Kier alpha value is -3.42. The molecule has 1 saturated heterocycles. The molecular formula is C26H20ClIN2O7S. The average Bonchev–Trinajstić information content (AvgIpc) is 2.85. The van der Waals surface area contributed by atoms with Crippen molar-refractivity contribution in [2.24, 2.45) is 0 Å². The SMILES string of the molecule is COc1cc(/C=C2\C(=O)NC(=O)N(c3ccc(C)c(Cl)c3)C2=O)cc(I)c1OS(=O)(=O)c1ccc(C)cc1. The van der Waals surface area contributed by atoms with Gasteiger partial charge in [-0.15, -0.1) is 0 Å². The summed E-state index contributed by atoms with van der Waals surface area (Å²) in [6, 6.07) is 12.8. The Balaban J connectivity index is 1.70. The Kier molecular flexibility index (Phi) is 7.81. The van der Waals surface area contributed by atoms with Crippen LogP contribution in [0.25, 0.3) is 6.08 Å². The largest absolute Gasteiger partial charge is 0.493 e. The lowest BCUT2D eigenvalue weighted by molar-refractivity contribution is -0.122. The number of imide groups is 2. The zero-order chi connectivity index (χ0) is 27.8. The number of hydrogen-bond donors (Lipinski definition) is 1. The van der Waals surface area contributed by atoms with Crippen LogP contribution in [0.4, 0.5) is 10.5 Å². The van der Waals surface area contributed by atoms with Crippen molar-refractivity contribution in [3.63, 3.8) is 0 Å². The Morgan fingerprint density at radius 3 is 2.32 bits per heavy atom. The Morgan fingerprint density at radius 2 is 1.68 bits per heavy atom. The standard InChI is InChI=1S/C26H20ClIN2O7S/c1-14-4-8-18(9-5-14)38(34,35)37-23-21(28)11-16(12-22(23)36-3)10-19-24(31)29-26(33)30(25(19)32)17-7-6-15(2)20(27)13-17/h4-13H,1-3H3,(H,29,31,33)/b19-10+. The minimum atomic E-state index is -4.17. The molecular weight excluding hydrogens is 647 g/mol. The van der Waals surface area contributed by atoms with E-state index < -0.39 is 28.0 Å². The molecule has 9 nitrogen and oxygen atoms in total. The number of ether oxygens (including phenoxy) is 1. The fourth-order valence-corrected chi connectivity index (χ4v) is 5.56. The van der Waals surface area contributed by atoms with E-state index in [1.165, 1.54) is 43.5 Å². The number of nitrogens with one attached hydrogen (secondary N) is 1. The smallest absolute Gasteiger partial charge is 0.339 e. The number of carbonyl (C=O) groups excluding carboxylic acids is 3. The molecule has 4 rings (SSSR count). The molecule has 1 fully saturated rings. The third-order valence-corrected chi connectivity index (χ3v) is 8.02. The molecule has 0 aromatic heterocycles. The molecule has 0 saturated carbocycles. The Bertz CT molecular complexity index is 1620. The molecule has 0 spiro atoms. The first-order valence-corrected chi connectivity index (χ1v) is 13.8. The van der Waals surface area contributed by atoms with Crippen LogP contribution >= 0.6 is 34.2 Å². The second-order valence-electron chi connectivity index (χ2n) is 8.28. The van der Waals surface area contributed by atoms with E-state index in [9.17, 15) is 22.8 Å². The van der Waals surface area contributed by atoms with E-state index in [2.05, 4.69) is 5.32 Å². The van der Waals surface area contributed by atoms with Gasteiger partial charge in [-0.2, -0.15) is 8.42 Å². The van der Waals surface area contributed by atoms with Gasteiger partial charge in [-0.05, 0) is 90.0 Å². The van der Waals surface area contributed by atoms with Crippen molar-refractivity contribution >= 4 is 73.9 Å². The number of benzene rings is 3.